The van der Waals surface area contributed by atoms with Crippen LogP contribution in [0.2, 0.25) is 0 Å². The Balaban J connectivity index is 3.00. The normalized spacial score (nSPS) is 13.0. The predicted octanol–water partition coefficient (Wildman–Crippen LogP) is 1.13. The van der Waals surface area contributed by atoms with Crippen LogP contribution in [0.4, 0.5) is 4.39 Å². The Labute approximate surface area is 70.8 Å². The minimum atomic E-state index is -0.764. The van der Waals surface area contributed by atoms with E-state index in [1.165, 1.54) is 12.1 Å². The zero-order valence-corrected chi connectivity index (χ0v) is 6.92. The largest absolute Gasteiger partial charge is 0.387 e. The SMILES string of the molecule is Cc1cc(F)cc([C@H](O)CN)c1. The number of halogens is 1. The second-order valence-electron chi connectivity index (χ2n) is 2.81. The van der Waals surface area contributed by atoms with Gasteiger partial charge in [0.15, 0.2) is 0 Å². The van der Waals surface area contributed by atoms with E-state index in [0.29, 0.717) is 5.56 Å². The van der Waals surface area contributed by atoms with Crippen molar-refractivity contribution in [2.24, 2.45) is 5.73 Å². The molecule has 3 heteroatoms. The lowest BCUT2D eigenvalue weighted by atomic mass is 10.1. The summed E-state index contributed by atoms with van der Waals surface area (Å²) in [6, 6.07) is 4.43. The standard InChI is InChI=1S/C9H12FNO/c1-6-2-7(9(12)5-11)4-8(10)3-6/h2-4,9,12H,5,11H2,1H3/t9-/m1/s1. The van der Waals surface area contributed by atoms with Gasteiger partial charge >= 0.3 is 0 Å². The van der Waals surface area contributed by atoms with E-state index in [-0.39, 0.29) is 12.4 Å². The van der Waals surface area contributed by atoms with Crippen molar-refractivity contribution >= 4 is 0 Å². The van der Waals surface area contributed by atoms with Gasteiger partial charge in [-0.2, -0.15) is 0 Å². The fourth-order valence-electron chi connectivity index (χ4n) is 1.09. The quantitative estimate of drug-likeness (QED) is 0.697. The van der Waals surface area contributed by atoms with Gasteiger partial charge in [-0.3, -0.25) is 0 Å². The molecule has 0 bridgehead atoms. The van der Waals surface area contributed by atoms with Gasteiger partial charge in [0.2, 0.25) is 0 Å². The molecular weight excluding hydrogens is 157 g/mol. The molecule has 0 saturated heterocycles. The molecule has 1 atom stereocenters. The number of aliphatic hydroxyl groups is 1. The number of nitrogens with two attached hydrogens (primary N) is 1. The first-order valence-corrected chi connectivity index (χ1v) is 3.78. The predicted molar refractivity (Wildman–Crippen MR) is 45.2 cm³/mol. The average Bonchev–Trinajstić information content (AvgIpc) is 2.01. The topological polar surface area (TPSA) is 46.2 Å². The summed E-state index contributed by atoms with van der Waals surface area (Å²) in [4.78, 5) is 0. The highest BCUT2D eigenvalue weighted by atomic mass is 19.1. The van der Waals surface area contributed by atoms with Crippen molar-refractivity contribution in [3.63, 3.8) is 0 Å². The first kappa shape index (κ1) is 9.16. The van der Waals surface area contributed by atoms with Gasteiger partial charge in [-0.05, 0) is 30.2 Å². The summed E-state index contributed by atoms with van der Waals surface area (Å²) in [6.07, 6.45) is -0.764. The number of aryl methyl sites for hydroxylation is 1. The van der Waals surface area contributed by atoms with Crippen molar-refractivity contribution in [3.05, 3.63) is 35.1 Å². The number of rotatable bonds is 2. The van der Waals surface area contributed by atoms with Crippen molar-refractivity contribution in [2.45, 2.75) is 13.0 Å². The average molecular weight is 169 g/mol. The van der Waals surface area contributed by atoms with Gasteiger partial charge in [-0.15, -0.1) is 0 Å². The molecule has 12 heavy (non-hydrogen) atoms. The molecule has 0 unspecified atom stereocenters. The third-order valence-corrected chi connectivity index (χ3v) is 1.67. The summed E-state index contributed by atoms with van der Waals surface area (Å²) < 4.78 is 12.8. The van der Waals surface area contributed by atoms with Crippen molar-refractivity contribution in [1.29, 1.82) is 0 Å². The van der Waals surface area contributed by atoms with Crippen molar-refractivity contribution in [2.75, 3.05) is 6.54 Å². The molecule has 1 rings (SSSR count). The van der Waals surface area contributed by atoms with Crippen molar-refractivity contribution in [1.82, 2.24) is 0 Å². The molecule has 0 aliphatic carbocycles. The van der Waals surface area contributed by atoms with E-state index in [4.69, 9.17) is 5.73 Å². The molecule has 3 N–H and O–H groups in total. The molecule has 66 valence electrons. The number of hydrogen-bond donors (Lipinski definition) is 2. The maximum absolute atomic E-state index is 12.8. The molecular formula is C9H12FNO. The number of benzene rings is 1. The zero-order valence-electron chi connectivity index (χ0n) is 6.92. The van der Waals surface area contributed by atoms with E-state index in [1.807, 2.05) is 0 Å². The van der Waals surface area contributed by atoms with Crippen LogP contribution in [0.5, 0.6) is 0 Å². The van der Waals surface area contributed by atoms with Gasteiger partial charge in [0.05, 0.1) is 6.10 Å². The van der Waals surface area contributed by atoms with E-state index in [0.717, 1.165) is 5.56 Å². The minimum Gasteiger partial charge on any atom is -0.387 e. The Morgan fingerprint density at radius 3 is 2.67 bits per heavy atom. The van der Waals surface area contributed by atoms with E-state index in [1.54, 1.807) is 13.0 Å². The summed E-state index contributed by atoms with van der Waals surface area (Å²) in [7, 11) is 0. The molecule has 1 aromatic carbocycles. The Kier molecular flexibility index (Phi) is 2.78. The van der Waals surface area contributed by atoms with Crippen LogP contribution in [0.1, 0.15) is 17.2 Å². The van der Waals surface area contributed by atoms with Gasteiger partial charge in [-0.1, -0.05) is 6.07 Å². The van der Waals surface area contributed by atoms with Crippen molar-refractivity contribution < 1.29 is 9.50 Å². The number of aliphatic hydroxyl groups excluding tert-OH is 1. The van der Waals surface area contributed by atoms with Crippen molar-refractivity contribution in [3.8, 4) is 0 Å². The second kappa shape index (κ2) is 3.65. The van der Waals surface area contributed by atoms with E-state index < -0.39 is 6.10 Å². The van der Waals surface area contributed by atoms with Crippen LogP contribution in [0.25, 0.3) is 0 Å². The molecule has 0 heterocycles. The molecule has 0 aromatic heterocycles. The fraction of sp³-hybridized carbons (Fsp3) is 0.333. The van der Waals surface area contributed by atoms with E-state index in [2.05, 4.69) is 0 Å². The molecule has 0 aliphatic rings. The second-order valence-corrected chi connectivity index (χ2v) is 2.81. The summed E-state index contributed by atoms with van der Waals surface area (Å²) in [5.74, 6) is -0.336. The summed E-state index contributed by atoms with van der Waals surface area (Å²) in [6.45, 7) is 1.89. The molecule has 0 fully saturated rings. The smallest absolute Gasteiger partial charge is 0.123 e. The van der Waals surface area contributed by atoms with Crippen LogP contribution < -0.4 is 5.73 Å². The van der Waals surface area contributed by atoms with Gasteiger partial charge in [0.1, 0.15) is 5.82 Å². The first-order chi connectivity index (χ1) is 5.63. The lowest BCUT2D eigenvalue weighted by molar-refractivity contribution is 0.186. The van der Waals surface area contributed by atoms with Crippen LogP contribution in [-0.2, 0) is 0 Å². The summed E-state index contributed by atoms with van der Waals surface area (Å²) >= 11 is 0. The van der Waals surface area contributed by atoms with Crippen LogP contribution in [0.3, 0.4) is 0 Å². The van der Waals surface area contributed by atoms with Gasteiger partial charge in [0, 0.05) is 6.54 Å². The lowest BCUT2D eigenvalue weighted by Gasteiger charge is -2.08. The lowest BCUT2D eigenvalue weighted by Crippen LogP contribution is -2.11. The zero-order chi connectivity index (χ0) is 9.14. The van der Waals surface area contributed by atoms with Gasteiger partial charge in [0.25, 0.3) is 0 Å². The molecule has 0 radical (unpaired) electrons. The summed E-state index contributed by atoms with van der Waals surface area (Å²) in [5, 5.41) is 9.29. The maximum Gasteiger partial charge on any atom is 0.123 e. The number of hydrogen-bond acceptors (Lipinski definition) is 2. The highest BCUT2D eigenvalue weighted by Crippen LogP contribution is 2.15. The Hall–Kier alpha value is -0.930. The molecule has 0 saturated carbocycles. The van der Waals surface area contributed by atoms with E-state index in [9.17, 15) is 9.50 Å². The van der Waals surface area contributed by atoms with Crippen LogP contribution in [0.15, 0.2) is 18.2 Å². The molecule has 2 nitrogen and oxygen atoms in total. The fourth-order valence-corrected chi connectivity index (χ4v) is 1.09. The molecule has 0 aliphatic heterocycles. The molecule has 0 amide bonds. The Morgan fingerprint density at radius 1 is 1.50 bits per heavy atom. The Morgan fingerprint density at radius 2 is 2.17 bits per heavy atom. The minimum absolute atomic E-state index is 0.114. The van der Waals surface area contributed by atoms with Crippen LogP contribution >= 0.6 is 0 Å². The highest BCUT2D eigenvalue weighted by molar-refractivity contribution is 5.25. The van der Waals surface area contributed by atoms with Crippen LogP contribution in [0, 0.1) is 12.7 Å². The van der Waals surface area contributed by atoms with E-state index >= 15 is 0 Å². The molecule has 0 spiro atoms. The highest BCUT2D eigenvalue weighted by Gasteiger charge is 2.06. The third-order valence-electron chi connectivity index (χ3n) is 1.67. The maximum atomic E-state index is 12.8. The first-order valence-electron chi connectivity index (χ1n) is 3.78. The van der Waals surface area contributed by atoms with Gasteiger partial charge in [-0.25, -0.2) is 4.39 Å². The molecule has 1 aromatic rings. The van der Waals surface area contributed by atoms with Gasteiger partial charge < -0.3 is 10.8 Å². The third kappa shape index (κ3) is 2.03. The summed E-state index contributed by atoms with van der Waals surface area (Å²) in [5.41, 5.74) is 6.56. The monoisotopic (exact) mass is 169 g/mol. The van der Waals surface area contributed by atoms with Crippen LogP contribution in [-0.4, -0.2) is 11.7 Å². The Bertz CT molecular complexity index is 255.